The number of nitrogens with one attached hydrogen (secondary N) is 1. The molecule has 4 rings (SSSR count). The average Bonchev–Trinajstić information content (AvgIpc) is 3.38. The number of hydrogen-bond acceptors (Lipinski definition) is 7. The van der Waals surface area contributed by atoms with Crippen molar-refractivity contribution in [3.8, 4) is 0 Å². The Bertz CT molecular complexity index is 1060. The maximum atomic E-state index is 12.7. The Labute approximate surface area is 196 Å². The first-order chi connectivity index (χ1) is 15.8. The minimum Gasteiger partial charge on any atom is -0.325 e. The lowest BCUT2D eigenvalue weighted by Gasteiger charge is -2.35. The molecule has 0 spiro atoms. The van der Waals surface area contributed by atoms with Crippen LogP contribution in [0.15, 0.2) is 35.7 Å². The Morgan fingerprint density at radius 2 is 1.64 bits per heavy atom. The number of thiophene rings is 1. The summed E-state index contributed by atoms with van der Waals surface area (Å²) in [6.45, 7) is 6.89. The Morgan fingerprint density at radius 1 is 0.939 bits per heavy atom. The van der Waals surface area contributed by atoms with Gasteiger partial charge in [-0.15, -0.1) is 11.3 Å². The van der Waals surface area contributed by atoms with Crippen LogP contribution in [0.3, 0.4) is 0 Å². The van der Waals surface area contributed by atoms with Gasteiger partial charge in [0.05, 0.1) is 19.8 Å². The van der Waals surface area contributed by atoms with E-state index in [2.05, 4.69) is 5.32 Å². The van der Waals surface area contributed by atoms with Gasteiger partial charge in [-0.3, -0.25) is 29.1 Å². The lowest BCUT2D eigenvalue weighted by Crippen LogP contribution is -2.52. The molecule has 1 aromatic heterocycles. The number of benzene rings is 1. The van der Waals surface area contributed by atoms with Gasteiger partial charge in [-0.05, 0) is 42.5 Å². The van der Waals surface area contributed by atoms with E-state index in [4.69, 9.17) is 0 Å². The van der Waals surface area contributed by atoms with Crippen molar-refractivity contribution < 1.29 is 19.2 Å². The number of carbonyl (C=O) groups is 4. The third-order valence-corrected chi connectivity index (χ3v) is 6.94. The Hall–Kier alpha value is -3.08. The van der Waals surface area contributed by atoms with Crippen molar-refractivity contribution in [3.63, 3.8) is 0 Å². The summed E-state index contributed by atoms with van der Waals surface area (Å²) in [4.78, 5) is 56.7. The zero-order valence-electron chi connectivity index (χ0n) is 18.7. The molecular weight excluding hydrogens is 442 g/mol. The molecule has 1 aromatic carbocycles. The van der Waals surface area contributed by atoms with E-state index in [0.717, 1.165) is 31.5 Å². The first kappa shape index (κ1) is 23.1. The van der Waals surface area contributed by atoms with Gasteiger partial charge in [0.1, 0.15) is 0 Å². The van der Waals surface area contributed by atoms with Crippen LogP contribution in [0.2, 0.25) is 0 Å². The van der Waals surface area contributed by atoms with Crippen LogP contribution in [0.5, 0.6) is 0 Å². The van der Waals surface area contributed by atoms with Gasteiger partial charge in [0.2, 0.25) is 5.91 Å². The van der Waals surface area contributed by atoms with E-state index >= 15 is 0 Å². The third kappa shape index (κ3) is 5.13. The molecule has 0 aliphatic carbocycles. The minimum atomic E-state index is -0.785. The van der Waals surface area contributed by atoms with Crippen molar-refractivity contribution >= 4 is 40.8 Å². The van der Waals surface area contributed by atoms with Gasteiger partial charge in [-0.1, -0.05) is 18.2 Å². The van der Waals surface area contributed by atoms with E-state index in [9.17, 15) is 19.2 Å². The van der Waals surface area contributed by atoms with Crippen LogP contribution in [-0.4, -0.2) is 82.7 Å². The van der Waals surface area contributed by atoms with E-state index in [0.29, 0.717) is 26.2 Å². The number of nitrogens with zero attached hydrogens (tertiary/aromatic N) is 4. The number of piperazine rings is 1. The van der Waals surface area contributed by atoms with Gasteiger partial charge in [-0.25, -0.2) is 9.69 Å². The second-order valence-corrected chi connectivity index (χ2v) is 9.35. The summed E-state index contributed by atoms with van der Waals surface area (Å²) < 4.78 is 0. The number of urea groups is 1. The van der Waals surface area contributed by atoms with E-state index in [1.165, 1.54) is 11.3 Å². The topological polar surface area (TPSA) is 93.3 Å². The van der Waals surface area contributed by atoms with Gasteiger partial charge >= 0.3 is 17.8 Å². The fourth-order valence-electron chi connectivity index (χ4n) is 3.94. The molecule has 174 valence electrons. The number of rotatable bonds is 7. The first-order valence-electron chi connectivity index (χ1n) is 10.8. The second-order valence-electron chi connectivity index (χ2n) is 8.32. The molecule has 2 fully saturated rings. The molecule has 0 atom stereocenters. The predicted molar refractivity (Wildman–Crippen MR) is 125 cm³/mol. The first-order valence-corrected chi connectivity index (χ1v) is 11.7. The maximum Gasteiger partial charge on any atom is 0.335 e. The van der Waals surface area contributed by atoms with Gasteiger partial charge < -0.3 is 5.32 Å². The lowest BCUT2D eigenvalue weighted by atomic mass is 10.1. The summed E-state index contributed by atoms with van der Waals surface area (Å²) in [5, 5.41) is 4.84. The third-order valence-electron chi connectivity index (χ3n) is 6.08. The van der Waals surface area contributed by atoms with E-state index in [1.54, 1.807) is 0 Å². The molecule has 0 radical (unpaired) electrons. The Morgan fingerprint density at radius 3 is 2.33 bits per heavy atom. The van der Waals surface area contributed by atoms with Crippen molar-refractivity contribution in [1.29, 1.82) is 0 Å². The van der Waals surface area contributed by atoms with Crippen LogP contribution in [0, 0.1) is 13.8 Å². The molecule has 0 saturated carbocycles. The molecule has 2 saturated heterocycles. The highest BCUT2D eigenvalue weighted by molar-refractivity contribution is 7.09. The smallest absolute Gasteiger partial charge is 0.325 e. The Kier molecular flexibility index (Phi) is 6.87. The highest BCUT2D eigenvalue weighted by atomic mass is 32.1. The minimum absolute atomic E-state index is 0.0723. The van der Waals surface area contributed by atoms with Crippen molar-refractivity contribution in [2.45, 2.75) is 20.4 Å². The molecule has 5 amide bonds. The summed E-state index contributed by atoms with van der Waals surface area (Å²) in [6, 6.07) is 8.92. The molecular formula is C23H27N5O4S. The molecule has 2 aromatic rings. The van der Waals surface area contributed by atoms with Crippen LogP contribution in [0.1, 0.15) is 16.0 Å². The molecule has 10 heteroatoms. The molecule has 1 N–H and O–H groups in total. The monoisotopic (exact) mass is 469 g/mol. The van der Waals surface area contributed by atoms with E-state index in [-0.39, 0.29) is 25.7 Å². The van der Waals surface area contributed by atoms with Crippen molar-refractivity contribution in [2.24, 2.45) is 0 Å². The molecule has 0 bridgehead atoms. The zero-order valence-corrected chi connectivity index (χ0v) is 19.6. The molecule has 2 aliphatic heterocycles. The lowest BCUT2D eigenvalue weighted by molar-refractivity contribution is -0.144. The fourth-order valence-corrected chi connectivity index (χ4v) is 4.63. The highest BCUT2D eigenvalue weighted by Gasteiger charge is 2.45. The quantitative estimate of drug-likeness (QED) is 0.492. The maximum absolute atomic E-state index is 12.7. The van der Waals surface area contributed by atoms with Crippen molar-refractivity contribution in [3.05, 3.63) is 51.7 Å². The van der Waals surface area contributed by atoms with Gasteiger partial charge in [0.25, 0.3) is 0 Å². The number of imide groups is 2. The van der Waals surface area contributed by atoms with Crippen LogP contribution >= 0.6 is 11.3 Å². The summed E-state index contributed by atoms with van der Waals surface area (Å²) in [7, 11) is 0. The van der Waals surface area contributed by atoms with E-state index < -0.39 is 17.8 Å². The normalized spacial score (nSPS) is 17.8. The number of carbonyl (C=O) groups excluding carboxylic acids is 4. The zero-order chi connectivity index (χ0) is 23.5. The molecule has 33 heavy (non-hydrogen) atoms. The number of anilines is 1. The summed E-state index contributed by atoms with van der Waals surface area (Å²) in [5.74, 6) is -1.64. The summed E-state index contributed by atoms with van der Waals surface area (Å²) in [6.07, 6.45) is 0. The fraction of sp³-hybridized carbons (Fsp3) is 0.391. The summed E-state index contributed by atoms with van der Waals surface area (Å²) in [5.41, 5.74) is 3.00. The van der Waals surface area contributed by atoms with Crippen LogP contribution in [0.25, 0.3) is 0 Å². The van der Waals surface area contributed by atoms with Crippen molar-refractivity contribution in [2.75, 3.05) is 44.7 Å². The highest BCUT2D eigenvalue weighted by Crippen LogP contribution is 2.20. The molecule has 2 aliphatic rings. The van der Waals surface area contributed by atoms with Crippen LogP contribution in [-0.2, 0) is 20.9 Å². The number of amides is 5. The standard InChI is InChI=1S/C23H27N5O4S/c1-16-5-3-7-19(17(16)2)24-20(29)14-25-8-10-26(11-9-25)15-28-22(31)21(30)27(23(28)32)13-18-6-4-12-33-18/h3-7,12H,8-11,13-15H2,1-2H3,(H,24,29). The van der Waals surface area contributed by atoms with Gasteiger partial charge in [0, 0.05) is 36.7 Å². The molecule has 0 unspecified atom stereocenters. The second kappa shape index (κ2) is 9.82. The van der Waals surface area contributed by atoms with Gasteiger partial charge in [-0.2, -0.15) is 0 Å². The molecule has 9 nitrogen and oxygen atoms in total. The van der Waals surface area contributed by atoms with Gasteiger partial charge in [0.15, 0.2) is 0 Å². The number of hydrogen-bond donors (Lipinski definition) is 1. The predicted octanol–water partition coefficient (Wildman–Crippen LogP) is 1.87. The largest absolute Gasteiger partial charge is 0.335 e. The Balaban J connectivity index is 1.26. The average molecular weight is 470 g/mol. The SMILES string of the molecule is Cc1cccc(NC(=O)CN2CCN(CN3C(=O)C(=O)N(Cc4cccs4)C3=O)CC2)c1C. The number of aryl methyl sites for hydroxylation is 1. The van der Waals surface area contributed by atoms with Crippen LogP contribution < -0.4 is 5.32 Å². The molecule has 3 heterocycles. The van der Waals surface area contributed by atoms with Crippen molar-refractivity contribution in [1.82, 2.24) is 19.6 Å². The van der Waals surface area contributed by atoms with Crippen LogP contribution in [0.4, 0.5) is 10.5 Å². The van der Waals surface area contributed by atoms with E-state index in [1.807, 2.05) is 59.4 Å². The summed E-state index contributed by atoms with van der Waals surface area (Å²) >= 11 is 1.43.